The third kappa shape index (κ3) is 121. The number of unbranched alkanes of at least 4 members (excludes halogenated alkanes) is 5. The molecule has 0 saturated heterocycles. The second-order valence-electron chi connectivity index (χ2n) is 18.4. The van der Waals surface area contributed by atoms with Gasteiger partial charge in [-0.15, -0.1) is 0 Å². The Balaban J connectivity index is -0.000000125. The van der Waals surface area contributed by atoms with E-state index in [9.17, 15) is 0 Å². The lowest BCUT2D eigenvalue weighted by Gasteiger charge is -2.34. The highest BCUT2D eigenvalue weighted by atomic mass is 16.6. The van der Waals surface area contributed by atoms with E-state index in [4.69, 9.17) is 106 Å². The summed E-state index contributed by atoms with van der Waals surface area (Å²) in [5.41, 5.74) is 0. The lowest BCUT2D eigenvalue weighted by molar-refractivity contribution is -0.180. The molecule has 0 aromatic heterocycles. The van der Waals surface area contributed by atoms with E-state index >= 15 is 0 Å². The molecule has 0 aliphatic carbocycles. The summed E-state index contributed by atoms with van der Waals surface area (Å²) in [6.45, 7) is 20.7. The summed E-state index contributed by atoms with van der Waals surface area (Å²) in [5, 5.41) is 48.9. The molecule has 6 unspecified atom stereocenters. The van der Waals surface area contributed by atoms with E-state index in [0.717, 1.165) is 0 Å². The third-order valence-corrected chi connectivity index (χ3v) is 11.6. The fourth-order valence-electron chi connectivity index (χ4n) is 7.33. The molecule has 0 aliphatic rings. The monoisotopic (exact) mass is 1590 g/mol. The molecule has 6 atom stereocenters. The van der Waals surface area contributed by atoms with E-state index in [2.05, 4.69) is 45.5 Å². The van der Waals surface area contributed by atoms with E-state index in [1.165, 1.54) is 0 Å². The first-order valence-electron chi connectivity index (χ1n) is 30.5. The van der Waals surface area contributed by atoms with Crippen molar-refractivity contribution in [2.45, 2.75) is 307 Å². The fourth-order valence-corrected chi connectivity index (χ4v) is 7.33. The normalized spacial score (nSPS) is 10.6. The van der Waals surface area contributed by atoms with E-state index < -0.39 is 36.6 Å². The second kappa shape index (κ2) is 153. The molecule has 26 heteroatoms. The van der Waals surface area contributed by atoms with Crippen LogP contribution in [0.3, 0.4) is 0 Å². The van der Waals surface area contributed by atoms with Crippen LogP contribution in [0.1, 0.15) is 270 Å². The Morgan fingerprint density at radius 3 is 0.676 bits per heavy atom. The number of ether oxygens (including phenoxy) is 18. The van der Waals surface area contributed by atoms with Gasteiger partial charge in [-0.2, -0.15) is 21.0 Å². The van der Waals surface area contributed by atoms with Crippen LogP contribution in [0.5, 0.6) is 0 Å². The molecule has 0 heterocycles. The molecule has 108 heavy (non-hydrogen) atoms. The predicted molar refractivity (Wildman–Crippen MR) is 473 cm³/mol. The lowest BCUT2D eigenvalue weighted by atomic mass is 10.1. The molecule has 0 aromatic rings. The van der Waals surface area contributed by atoms with Crippen LogP contribution in [-0.2, 0) is 85.3 Å². The zero-order valence-electron chi connectivity index (χ0n) is 51.7. The van der Waals surface area contributed by atoms with Gasteiger partial charge in [-0.05, 0) is 66.2 Å². The molecule has 26 nitrogen and oxygen atoms in total. The molecule has 0 amide bonds. The van der Waals surface area contributed by atoms with Crippen molar-refractivity contribution in [3.8, 4) is 24.3 Å². The quantitative estimate of drug-likeness (QED) is 0.0325. The smallest absolute Gasteiger partial charge is 0.114 e. The van der Waals surface area contributed by atoms with Gasteiger partial charge in [-0.1, -0.05) is 178 Å². The average Bonchev–Trinajstić information content (AvgIpc) is 0.880. The summed E-state index contributed by atoms with van der Waals surface area (Å²) in [6, 6.07) is 8.53. The Labute approximate surface area is 680 Å². The highest BCUT2D eigenvalue weighted by Crippen LogP contribution is 2.18. The molecular weight excluding hydrogens is 1380 g/mol. The predicted octanol–water partition coefficient (Wildman–Crippen LogP) is 19.0. The van der Waals surface area contributed by atoms with Gasteiger partial charge in [-0.3, -0.25) is 21.3 Å². The maximum Gasteiger partial charge on any atom is 0.114 e. The third-order valence-electron chi connectivity index (χ3n) is 11.6. The van der Waals surface area contributed by atoms with Crippen LogP contribution in [0.2, 0.25) is 0 Å². The van der Waals surface area contributed by atoms with Gasteiger partial charge in [-0.25, -0.2) is 0 Å². The number of hydrogen-bond donors (Lipinski definition) is 4. The number of nitriles is 4. The molecule has 0 spiro atoms. The summed E-state index contributed by atoms with van der Waals surface area (Å²) in [7, 11) is 0. The van der Waals surface area contributed by atoms with Crippen LogP contribution in [-0.4, -0.2) is 262 Å². The SMILES string of the molecule is C.C.C.C.C.C.C.C.C.C.C.C.C.C.C.C.C.C.C.C.C.C.C.C.CCOCNCCOCC(OCCNCOCC)C(OCCNCOCC)C(COCCCCOCC(OCCOCCCC#N)C(OCCOCCCC#N)C(COCCOCCCC#N)OCCOCCCC#N)OCCNCOCC. The summed E-state index contributed by atoms with van der Waals surface area (Å²) in [6.07, 6.45) is 1.64. The summed E-state index contributed by atoms with van der Waals surface area (Å²) in [4.78, 5) is 0. The van der Waals surface area contributed by atoms with Gasteiger partial charge < -0.3 is 85.3 Å². The van der Waals surface area contributed by atoms with Gasteiger partial charge in [0.2, 0.25) is 0 Å². The van der Waals surface area contributed by atoms with Crippen molar-refractivity contribution in [2.75, 3.05) is 225 Å². The van der Waals surface area contributed by atoms with Gasteiger partial charge in [0.05, 0.1) is 157 Å². The minimum atomic E-state index is -0.715. The Morgan fingerprint density at radius 2 is 0.407 bits per heavy atom. The molecule has 0 radical (unpaired) electrons. The topological polar surface area (TPSA) is 309 Å². The minimum Gasteiger partial charge on any atom is -0.379 e. The van der Waals surface area contributed by atoms with Crippen molar-refractivity contribution >= 4 is 0 Å². The van der Waals surface area contributed by atoms with Crippen molar-refractivity contribution in [3.63, 3.8) is 0 Å². The van der Waals surface area contributed by atoms with Crippen molar-refractivity contribution in [2.24, 2.45) is 0 Å². The van der Waals surface area contributed by atoms with Gasteiger partial charge in [0.25, 0.3) is 0 Å². The van der Waals surface area contributed by atoms with E-state index in [-0.39, 0.29) is 251 Å². The second-order valence-corrected chi connectivity index (χ2v) is 18.4. The average molecular weight is 1590 g/mol. The molecule has 0 saturated carbocycles. The van der Waals surface area contributed by atoms with Crippen LogP contribution in [0.4, 0.5) is 0 Å². The zero-order chi connectivity index (χ0) is 61.0. The van der Waals surface area contributed by atoms with Gasteiger partial charge in [0.15, 0.2) is 0 Å². The standard InChI is InChI=1S/C58H110N8O18.24CH4/c1-5-67-49-63-23-33-77-47-54(80-35-25-65-51-69-7-3)57(83-36-26-66-52-70-8-4)53(79-34-24-64-50-68-6-2)45-75-31-17-18-32-76-46-55(81-42-39-72-28-14-10-20-60)58(84-44-41-74-30-16-12-22-62)56(82-43-40-73-29-15-11-21-61)48-78-38-37-71-27-13-9-19-59;;;;;;;;;;;;;;;;;;;;;;;;/h53-58,63-66H,5-18,23-52H2,1-4H3;24*1H4. The maximum absolute atomic E-state index is 9.01. The fraction of sp³-hybridized carbons (Fsp3) is 0.951. The first-order chi connectivity index (χ1) is 41.6. The van der Waals surface area contributed by atoms with Crippen LogP contribution in [0, 0.1) is 45.3 Å². The Morgan fingerprint density at radius 1 is 0.213 bits per heavy atom. The van der Waals surface area contributed by atoms with Crippen molar-refractivity contribution in [3.05, 3.63) is 0 Å². The Hall–Kier alpha value is -2.92. The molecule has 0 aromatic carbocycles. The number of hydrogen-bond acceptors (Lipinski definition) is 26. The van der Waals surface area contributed by atoms with Gasteiger partial charge >= 0.3 is 0 Å². The minimum absolute atomic E-state index is 0. The van der Waals surface area contributed by atoms with Crippen LogP contribution in [0.15, 0.2) is 0 Å². The molecule has 4 N–H and O–H groups in total. The van der Waals surface area contributed by atoms with Crippen LogP contribution >= 0.6 is 0 Å². The first kappa shape index (κ1) is 178. The molecule has 0 fully saturated rings. The number of nitrogens with zero attached hydrogens (tertiary/aromatic N) is 4. The Bertz CT molecular complexity index is 1530. The van der Waals surface area contributed by atoms with Crippen molar-refractivity contribution in [1.82, 2.24) is 21.3 Å². The maximum atomic E-state index is 9.01. The molecule has 0 aliphatic heterocycles. The molecule has 0 rings (SSSR count). The van der Waals surface area contributed by atoms with Crippen LogP contribution < -0.4 is 21.3 Å². The van der Waals surface area contributed by atoms with Crippen LogP contribution in [0.25, 0.3) is 0 Å². The highest BCUT2D eigenvalue weighted by molar-refractivity contribution is 4.83. The molecular formula is C82H206N8O18. The van der Waals surface area contributed by atoms with Gasteiger partial charge in [0.1, 0.15) is 36.6 Å². The summed E-state index contributed by atoms with van der Waals surface area (Å²) >= 11 is 0. The molecule has 0 bridgehead atoms. The van der Waals surface area contributed by atoms with Crippen molar-refractivity contribution < 1.29 is 85.3 Å². The van der Waals surface area contributed by atoms with E-state index in [0.29, 0.717) is 216 Å². The number of rotatable bonds is 71. The highest BCUT2D eigenvalue weighted by Gasteiger charge is 2.35. The lowest BCUT2D eigenvalue weighted by Crippen LogP contribution is -2.49. The largest absolute Gasteiger partial charge is 0.379 e. The van der Waals surface area contributed by atoms with E-state index in [1.807, 2.05) is 27.7 Å². The van der Waals surface area contributed by atoms with E-state index in [1.54, 1.807) is 0 Å². The zero-order valence-corrected chi connectivity index (χ0v) is 51.7. The Kier molecular flexibility index (Phi) is 251. The number of nitrogens with one attached hydrogen (secondary N) is 4. The summed E-state index contributed by atoms with van der Waals surface area (Å²) < 4.78 is 109. The summed E-state index contributed by atoms with van der Waals surface area (Å²) in [5.74, 6) is 0. The first-order valence-corrected chi connectivity index (χ1v) is 30.5. The van der Waals surface area contributed by atoms with Gasteiger partial charge in [0, 0.05) is 118 Å². The van der Waals surface area contributed by atoms with Crippen molar-refractivity contribution in [1.29, 1.82) is 21.0 Å². The molecule has 682 valence electrons.